The van der Waals surface area contributed by atoms with Gasteiger partial charge in [-0.1, -0.05) is 0 Å². The van der Waals surface area contributed by atoms with E-state index in [4.69, 9.17) is 10.7 Å². The number of nitro groups is 2. The van der Waals surface area contributed by atoms with E-state index in [2.05, 4.69) is 0 Å². The minimum Gasteiger partial charge on any atom is -0.264 e. The zero-order valence-electron chi connectivity index (χ0n) is 10.6. The van der Waals surface area contributed by atoms with Gasteiger partial charge in [0.1, 0.15) is 0 Å². The van der Waals surface area contributed by atoms with Crippen molar-refractivity contribution in [2.45, 2.75) is 10.4 Å². The molecule has 0 fully saturated rings. The van der Waals surface area contributed by atoms with Gasteiger partial charge in [0, 0.05) is 22.8 Å². The molecule has 0 radical (unpaired) electrons. The predicted molar refractivity (Wildman–Crippen MR) is 71.4 cm³/mol. The third-order valence-electron chi connectivity index (χ3n) is 2.29. The fourth-order valence-electron chi connectivity index (χ4n) is 1.31. The van der Waals surface area contributed by atoms with E-state index in [1.165, 1.54) is 0 Å². The minimum absolute atomic E-state index is 0.0730. The van der Waals surface area contributed by atoms with Crippen LogP contribution in [0.1, 0.15) is 0 Å². The van der Waals surface area contributed by atoms with Gasteiger partial charge in [0.2, 0.25) is 5.69 Å². The van der Waals surface area contributed by atoms with Crippen molar-refractivity contribution in [2.24, 2.45) is 0 Å². The average Bonchev–Trinajstić information content (AvgIpc) is 2.34. The summed E-state index contributed by atoms with van der Waals surface area (Å²) in [6, 6.07) is 0.146. The van der Waals surface area contributed by atoms with Crippen molar-refractivity contribution in [3.63, 3.8) is 0 Å². The molecule has 0 spiro atoms. The van der Waals surface area contributed by atoms with Crippen molar-refractivity contribution >= 4 is 46.8 Å². The first-order valence-electron chi connectivity index (χ1n) is 5.08. The van der Waals surface area contributed by atoms with E-state index in [1.807, 2.05) is 0 Å². The highest BCUT2D eigenvalue weighted by Crippen LogP contribution is 2.40. The fourth-order valence-corrected chi connectivity index (χ4v) is 2.68. The van der Waals surface area contributed by atoms with Crippen molar-refractivity contribution in [1.29, 1.82) is 0 Å². The second-order valence-corrected chi connectivity index (χ2v) is 8.08. The lowest BCUT2D eigenvalue weighted by Crippen LogP contribution is -2.30. The lowest BCUT2D eigenvalue weighted by molar-refractivity contribution is -0.392. The Bertz CT molecular complexity index is 892. The van der Waals surface area contributed by atoms with Crippen molar-refractivity contribution in [2.75, 3.05) is 4.72 Å². The van der Waals surface area contributed by atoms with Gasteiger partial charge in [-0.25, -0.2) is 8.42 Å². The molecule has 17 heteroatoms. The number of alkyl halides is 3. The molecule has 0 aliphatic rings. The molecule has 1 aromatic rings. The molecule has 1 aromatic carbocycles. The van der Waals surface area contributed by atoms with Crippen LogP contribution in [0.4, 0.5) is 30.2 Å². The van der Waals surface area contributed by atoms with Crippen molar-refractivity contribution in [3.05, 3.63) is 32.4 Å². The molecule has 0 amide bonds. The number of anilines is 1. The minimum atomic E-state index is -6.25. The molecule has 0 aliphatic carbocycles. The first kappa shape index (κ1) is 19.8. The van der Waals surface area contributed by atoms with E-state index in [0.717, 1.165) is 0 Å². The van der Waals surface area contributed by atoms with Crippen LogP contribution < -0.4 is 4.72 Å². The summed E-state index contributed by atoms with van der Waals surface area (Å²) in [4.78, 5) is 17.5. The summed E-state index contributed by atoms with van der Waals surface area (Å²) >= 11 is 0. The van der Waals surface area contributed by atoms with Gasteiger partial charge in [-0.15, -0.1) is 0 Å². The summed E-state index contributed by atoms with van der Waals surface area (Å²) in [5, 5.41) is 21.7. The average molecular weight is 414 g/mol. The van der Waals surface area contributed by atoms with Crippen LogP contribution in [0.3, 0.4) is 0 Å². The summed E-state index contributed by atoms with van der Waals surface area (Å²) in [7, 11) is -6.11. The van der Waals surface area contributed by atoms with E-state index < -0.39 is 56.4 Å². The first-order chi connectivity index (χ1) is 10.6. The molecule has 11 nitrogen and oxygen atoms in total. The quantitative estimate of drug-likeness (QED) is 0.432. The zero-order valence-corrected chi connectivity index (χ0v) is 13.0. The molecule has 0 heterocycles. The van der Waals surface area contributed by atoms with Gasteiger partial charge in [-0.2, -0.15) is 21.6 Å². The molecule has 0 bridgehead atoms. The molecule has 0 aliphatic heterocycles. The van der Waals surface area contributed by atoms with Gasteiger partial charge in [0.25, 0.3) is 9.05 Å². The van der Waals surface area contributed by atoms with Gasteiger partial charge < -0.3 is 0 Å². The van der Waals surface area contributed by atoms with Crippen LogP contribution in [0.25, 0.3) is 0 Å². The molecule has 1 rings (SSSR count). The van der Waals surface area contributed by atoms with Crippen LogP contribution in [-0.2, 0) is 19.1 Å². The van der Waals surface area contributed by atoms with Gasteiger partial charge in [-0.05, 0) is 0 Å². The highest BCUT2D eigenvalue weighted by Gasteiger charge is 2.48. The molecule has 0 aromatic heterocycles. The van der Waals surface area contributed by atoms with Crippen LogP contribution in [0.5, 0.6) is 0 Å². The maximum Gasteiger partial charge on any atom is 0.516 e. The Morgan fingerprint density at radius 3 is 1.62 bits per heavy atom. The third-order valence-corrected chi connectivity index (χ3v) is 4.70. The second-order valence-electron chi connectivity index (χ2n) is 3.84. The fraction of sp³-hybridized carbons (Fsp3) is 0.143. The molecule has 1 N–H and O–H groups in total. The molecule has 134 valence electrons. The van der Waals surface area contributed by atoms with Crippen LogP contribution in [-0.4, -0.2) is 32.2 Å². The lowest BCUT2D eigenvalue weighted by Gasteiger charge is -2.11. The third kappa shape index (κ3) is 4.01. The van der Waals surface area contributed by atoms with Gasteiger partial charge in [-0.3, -0.25) is 25.0 Å². The molecule has 0 saturated heterocycles. The van der Waals surface area contributed by atoms with Crippen molar-refractivity contribution in [1.82, 2.24) is 0 Å². The Labute approximate surface area is 134 Å². The number of hydrogen-bond donors (Lipinski definition) is 1. The number of rotatable bonds is 5. The number of nitrogens with one attached hydrogen (secondary N) is 1. The topological polar surface area (TPSA) is 167 Å². The Kier molecular flexibility index (Phi) is 4.98. The lowest BCUT2D eigenvalue weighted by atomic mass is 10.2. The molecule has 0 unspecified atom stereocenters. The van der Waals surface area contributed by atoms with Gasteiger partial charge in [0.05, 0.1) is 14.7 Å². The van der Waals surface area contributed by atoms with E-state index in [9.17, 15) is 50.2 Å². The van der Waals surface area contributed by atoms with Crippen LogP contribution in [0.15, 0.2) is 17.0 Å². The number of halogens is 4. The molecular weight excluding hydrogens is 411 g/mol. The highest BCUT2D eigenvalue weighted by molar-refractivity contribution is 8.13. The van der Waals surface area contributed by atoms with Crippen molar-refractivity contribution < 1.29 is 39.9 Å². The van der Waals surface area contributed by atoms with E-state index in [0.29, 0.717) is 4.72 Å². The maximum absolute atomic E-state index is 12.3. The highest BCUT2D eigenvalue weighted by atomic mass is 35.7. The van der Waals surface area contributed by atoms with Crippen LogP contribution in [0, 0.1) is 20.2 Å². The number of benzene rings is 1. The monoisotopic (exact) mass is 413 g/mol. The Morgan fingerprint density at radius 2 is 1.38 bits per heavy atom. The van der Waals surface area contributed by atoms with E-state index in [1.54, 1.807) is 0 Å². The summed E-state index contributed by atoms with van der Waals surface area (Å²) in [6.07, 6.45) is 0. The summed E-state index contributed by atoms with van der Waals surface area (Å²) in [5.41, 5.74) is -10.8. The zero-order chi connectivity index (χ0) is 19.1. The first-order valence-corrected chi connectivity index (χ1v) is 8.88. The smallest absolute Gasteiger partial charge is 0.264 e. The summed E-state index contributed by atoms with van der Waals surface area (Å²) in [5.74, 6) is 0. The molecule has 0 atom stereocenters. The number of hydrogen-bond acceptors (Lipinski definition) is 8. The second kappa shape index (κ2) is 6.02. The van der Waals surface area contributed by atoms with E-state index >= 15 is 0 Å². The number of nitro benzene ring substituents is 2. The van der Waals surface area contributed by atoms with Crippen molar-refractivity contribution in [3.8, 4) is 0 Å². The Balaban J connectivity index is 3.83. The Morgan fingerprint density at radius 1 is 1.00 bits per heavy atom. The number of sulfonamides is 1. The van der Waals surface area contributed by atoms with Crippen LogP contribution in [0.2, 0.25) is 0 Å². The molecular formula is C7H3ClF3N3O8S2. The van der Waals surface area contributed by atoms with Gasteiger partial charge >= 0.3 is 26.9 Å². The number of nitrogens with zero attached hydrogens (tertiary/aromatic N) is 2. The SMILES string of the molecule is O=[N+]([O-])c1cc(S(=O)(=O)Cl)cc([N+](=O)[O-])c1NS(=O)(=O)C(F)(F)F. The van der Waals surface area contributed by atoms with E-state index in [-0.39, 0.29) is 12.1 Å². The maximum atomic E-state index is 12.3. The summed E-state index contributed by atoms with van der Waals surface area (Å²) in [6.45, 7) is 0. The molecule has 0 saturated carbocycles. The standard InChI is InChI=1S/C7H3ClF3N3O8S2/c8-23(19,20)3-1-4(13(15)16)6(5(2-3)14(17)18)12-24(21,22)7(9,10)11/h1-2,12H. The van der Waals surface area contributed by atoms with Crippen LogP contribution >= 0.6 is 10.7 Å². The Hall–Kier alpha value is -2.20. The largest absolute Gasteiger partial charge is 0.516 e. The normalized spacial score (nSPS) is 12.7. The molecule has 24 heavy (non-hydrogen) atoms. The predicted octanol–water partition coefficient (Wildman–Crippen LogP) is 1.69. The van der Waals surface area contributed by atoms with Gasteiger partial charge in [0.15, 0.2) is 0 Å². The summed E-state index contributed by atoms with van der Waals surface area (Å²) < 4.78 is 82.0.